The maximum absolute atomic E-state index is 9.93. The minimum absolute atomic E-state index is 0.00136. The van der Waals surface area contributed by atoms with Crippen molar-refractivity contribution in [1.29, 1.82) is 0 Å². The van der Waals surface area contributed by atoms with Crippen LogP contribution in [0.4, 0.5) is 0 Å². The summed E-state index contributed by atoms with van der Waals surface area (Å²) in [6.07, 6.45) is 1.73. The van der Waals surface area contributed by atoms with Gasteiger partial charge in [0, 0.05) is 11.2 Å². The summed E-state index contributed by atoms with van der Waals surface area (Å²) >= 11 is 4.26. The molecule has 0 saturated carbocycles. The van der Waals surface area contributed by atoms with Gasteiger partial charge >= 0.3 is 0 Å². The van der Waals surface area contributed by atoms with Crippen molar-refractivity contribution in [3.63, 3.8) is 0 Å². The van der Waals surface area contributed by atoms with E-state index in [1.165, 1.54) is 0 Å². The second kappa shape index (κ2) is 4.50. The molecule has 0 bridgehead atoms. The fourth-order valence-electron chi connectivity index (χ4n) is 1.22. The van der Waals surface area contributed by atoms with Gasteiger partial charge in [0.15, 0.2) is 5.34 Å². The lowest BCUT2D eigenvalue weighted by molar-refractivity contribution is -0.0466. The number of rotatable bonds is 5. The summed E-state index contributed by atoms with van der Waals surface area (Å²) < 4.78 is 0. The van der Waals surface area contributed by atoms with Crippen LogP contribution in [-0.2, 0) is 4.84 Å². The van der Waals surface area contributed by atoms with Gasteiger partial charge in [0.1, 0.15) is 5.60 Å². The van der Waals surface area contributed by atoms with Crippen LogP contribution in [0, 0.1) is 10.8 Å². The molecule has 0 aliphatic rings. The van der Waals surface area contributed by atoms with Crippen molar-refractivity contribution in [2.24, 2.45) is 11.3 Å². The molecule has 0 aliphatic carbocycles. The van der Waals surface area contributed by atoms with Gasteiger partial charge in [-0.1, -0.05) is 13.0 Å². The minimum Gasteiger partial charge on any atom is -0.357 e. The summed E-state index contributed by atoms with van der Waals surface area (Å²) in [7, 11) is 0. The molecular formula is C8H15NO2S. The van der Waals surface area contributed by atoms with E-state index in [4.69, 9.17) is 4.84 Å². The monoisotopic (exact) mass is 189 g/mol. The molecule has 0 saturated heterocycles. The highest BCUT2D eigenvalue weighted by atomic mass is 32.1. The standard InChI is InChI=1S/C8H15NO2S/c1-5-7(6(2)12)8(3,4)11-9-10/h5-7,12H,1H2,2-4H3. The Morgan fingerprint density at radius 3 is 2.42 bits per heavy atom. The average Bonchev–Trinajstić information content (AvgIpc) is 1.86. The maximum atomic E-state index is 9.93. The zero-order chi connectivity index (χ0) is 9.78. The molecule has 0 aromatic carbocycles. The predicted octanol–water partition coefficient (Wildman–Crippen LogP) is 2.58. The number of nitrogens with zero attached hydrogens (tertiary/aromatic N) is 1. The summed E-state index contributed by atoms with van der Waals surface area (Å²) in [6.45, 7) is 9.15. The van der Waals surface area contributed by atoms with Crippen LogP contribution in [0.2, 0.25) is 0 Å². The Morgan fingerprint density at radius 1 is 1.67 bits per heavy atom. The van der Waals surface area contributed by atoms with Crippen molar-refractivity contribution in [2.45, 2.75) is 31.6 Å². The van der Waals surface area contributed by atoms with Gasteiger partial charge in [0.05, 0.1) is 0 Å². The molecule has 2 atom stereocenters. The molecule has 4 heteroatoms. The average molecular weight is 189 g/mol. The van der Waals surface area contributed by atoms with E-state index in [2.05, 4.69) is 24.5 Å². The second-order valence-electron chi connectivity index (χ2n) is 3.27. The Balaban J connectivity index is 4.45. The molecule has 0 aromatic heterocycles. The summed E-state index contributed by atoms with van der Waals surface area (Å²) in [6, 6.07) is 0. The molecule has 0 aromatic rings. The molecule has 0 aliphatic heterocycles. The predicted molar refractivity (Wildman–Crippen MR) is 53.1 cm³/mol. The van der Waals surface area contributed by atoms with Gasteiger partial charge in [0.2, 0.25) is 0 Å². The molecule has 0 fully saturated rings. The number of thiol groups is 1. The van der Waals surface area contributed by atoms with Crippen LogP contribution in [0.25, 0.3) is 0 Å². The molecule has 0 amide bonds. The van der Waals surface area contributed by atoms with Crippen LogP contribution in [-0.4, -0.2) is 10.9 Å². The third kappa shape index (κ3) is 2.85. The van der Waals surface area contributed by atoms with Gasteiger partial charge in [-0.15, -0.1) is 11.5 Å². The van der Waals surface area contributed by atoms with E-state index >= 15 is 0 Å². The first kappa shape index (κ1) is 11.5. The Kier molecular flexibility index (Phi) is 4.31. The third-order valence-corrected chi connectivity index (χ3v) is 2.17. The largest absolute Gasteiger partial charge is 0.357 e. The fourth-order valence-corrected chi connectivity index (χ4v) is 1.70. The van der Waals surface area contributed by atoms with E-state index in [-0.39, 0.29) is 11.2 Å². The SMILES string of the molecule is C=CC(C(C)S)C(C)(C)ON=O. The Hall–Kier alpha value is -0.510. The molecule has 0 N–H and O–H groups in total. The van der Waals surface area contributed by atoms with Crippen molar-refractivity contribution in [2.75, 3.05) is 0 Å². The first-order chi connectivity index (χ1) is 5.45. The summed E-state index contributed by atoms with van der Waals surface area (Å²) in [5.74, 6) is -0.00136. The van der Waals surface area contributed by atoms with E-state index in [1.807, 2.05) is 6.92 Å². The molecule has 12 heavy (non-hydrogen) atoms. The molecule has 0 rings (SSSR count). The first-order valence-corrected chi connectivity index (χ1v) is 4.28. The van der Waals surface area contributed by atoms with Crippen molar-refractivity contribution >= 4 is 12.6 Å². The Morgan fingerprint density at radius 2 is 2.17 bits per heavy atom. The van der Waals surface area contributed by atoms with Crippen LogP contribution < -0.4 is 0 Å². The van der Waals surface area contributed by atoms with E-state index in [0.29, 0.717) is 0 Å². The van der Waals surface area contributed by atoms with Gasteiger partial charge in [0.25, 0.3) is 0 Å². The number of hydrogen-bond donors (Lipinski definition) is 1. The van der Waals surface area contributed by atoms with Gasteiger partial charge < -0.3 is 4.84 Å². The lowest BCUT2D eigenvalue weighted by Gasteiger charge is -2.30. The van der Waals surface area contributed by atoms with Crippen molar-refractivity contribution in [3.8, 4) is 0 Å². The van der Waals surface area contributed by atoms with Crippen molar-refractivity contribution in [3.05, 3.63) is 17.6 Å². The van der Waals surface area contributed by atoms with Crippen molar-refractivity contribution in [1.82, 2.24) is 0 Å². The zero-order valence-corrected chi connectivity index (χ0v) is 8.54. The van der Waals surface area contributed by atoms with E-state index < -0.39 is 5.60 Å². The maximum Gasteiger partial charge on any atom is 0.155 e. The normalized spacial score (nSPS) is 16.3. The second-order valence-corrected chi connectivity index (χ2v) is 4.09. The summed E-state index contributed by atoms with van der Waals surface area (Å²) in [4.78, 5) is 14.6. The highest BCUT2D eigenvalue weighted by Crippen LogP contribution is 2.28. The van der Waals surface area contributed by atoms with E-state index in [0.717, 1.165) is 0 Å². The third-order valence-electron chi connectivity index (χ3n) is 1.85. The van der Waals surface area contributed by atoms with E-state index in [1.54, 1.807) is 19.9 Å². The molecule has 0 radical (unpaired) electrons. The van der Waals surface area contributed by atoms with Crippen LogP contribution in [0.3, 0.4) is 0 Å². The molecule has 0 heterocycles. The quantitative estimate of drug-likeness (QED) is 0.312. The molecule has 70 valence electrons. The number of hydrogen-bond acceptors (Lipinski definition) is 4. The van der Waals surface area contributed by atoms with Gasteiger partial charge in [-0.2, -0.15) is 12.6 Å². The Bertz CT molecular complexity index is 168. The smallest absolute Gasteiger partial charge is 0.155 e. The molecule has 2 unspecified atom stereocenters. The lowest BCUT2D eigenvalue weighted by Crippen LogP contribution is -2.36. The van der Waals surface area contributed by atoms with Gasteiger partial charge in [-0.25, -0.2) is 0 Å². The topological polar surface area (TPSA) is 38.7 Å². The van der Waals surface area contributed by atoms with Crippen LogP contribution in [0.5, 0.6) is 0 Å². The first-order valence-electron chi connectivity index (χ1n) is 3.77. The fraction of sp³-hybridized carbons (Fsp3) is 0.750. The van der Waals surface area contributed by atoms with Gasteiger partial charge in [-0.05, 0) is 13.8 Å². The van der Waals surface area contributed by atoms with Crippen LogP contribution in [0.15, 0.2) is 18.0 Å². The zero-order valence-electron chi connectivity index (χ0n) is 7.65. The summed E-state index contributed by atoms with van der Waals surface area (Å²) in [5, 5.41) is 2.51. The molecular weight excluding hydrogens is 174 g/mol. The van der Waals surface area contributed by atoms with Crippen LogP contribution >= 0.6 is 12.6 Å². The van der Waals surface area contributed by atoms with Crippen molar-refractivity contribution < 1.29 is 4.84 Å². The Labute approximate surface area is 78.5 Å². The highest BCUT2D eigenvalue weighted by Gasteiger charge is 2.32. The minimum atomic E-state index is -0.634. The van der Waals surface area contributed by atoms with E-state index in [9.17, 15) is 4.91 Å². The lowest BCUT2D eigenvalue weighted by atomic mass is 9.88. The van der Waals surface area contributed by atoms with Gasteiger partial charge in [-0.3, -0.25) is 0 Å². The molecule has 3 nitrogen and oxygen atoms in total. The molecule has 0 spiro atoms. The summed E-state index contributed by atoms with van der Waals surface area (Å²) in [5.41, 5.74) is -0.634. The van der Waals surface area contributed by atoms with Crippen LogP contribution in [0.1, 0.15) is 20.8 Å². The highest BCUT2D eigenvalue weighted by molar-refractivity contribution is 7.80.